The summed E-state index contributed by atoms with van der Waals surface area (Å²) in [6.07, 6.45) is 1.49. The van der Waals surface area contributed by atoms with E-state index in [1.165, 1.54) is 23.9 Å². The molecule has 0 spiro atoms. The lowest BCUT2D eigenvalue weighted by molar-refractivity contribution is 0.102. The third-order valence-corrected chi connectivity index (χ3v) is 3.99. The first-order valence-electron chi connectivity index (χ1n) is 8.00. The van der Waals surface area contributed by atoms with Gasteiger partial charge in [-0.1, -0.05) is 12.1 Å². The molecule has 0 aliphatic carbocycles. The molecule has 0 unspecified atom stereocenters. The van der Waals surface area contributed by atoms with E-state index in [1.807, 2.05) is 32.0 Å². The Labute approximate surface area is 149 Å². The van der Waals surface area contributed by atoms with Gasteiger partial charge in [-0.05, 0) is 61.4 Å². The van der Waals surface area contributed by atoms with Crippen molar-refractivity contribution in [3.63, 3.8) is 0 Å². The molecule has 26 heavy (non-hydrogen) atoms. The molecule has 2 aromatic carbocycles. The number of nitrogens with zero attached hydrogens (tertiary/aromatic N) is 1. The molecule has 2 N–H and O–H groups in total. The zero-order valence-corrected chi connectivity index (χ0v) is 14.3. The number of carbonyl (C=O) groups excluding carboxylic acids is 1. The predicted octanol–water partition coefficient (Wildman–Crippen LogP) is 4.97. The standard InChI is InChI=1S/C20H17F2N3O/c1-12-6-7-14(10-13(12)2)24-15-8-9-18(23-11-15)20(26)25-19-16(21)4-3-5-17(19)22/h3-11,24H,1-2H3,(H,25,26). The SMILES string of the molecule is Cc1ccc(Nc2ccc(C(=O)Nc3c(F)cccc3F)nc2)cc1C. The summed E-state index contributed by atoms with van der Waals surface area (Å²) in [5.74, 6) is -2.37. The van der Waals surface area contributed by atoms with Crippen molar-refractivity contribution >= 4 is 23.0 Å². The van der Waals surface area contributed by atoms with Crippen LogP contribution in [0.15, 0.2) is 54.7 Å². The topological polar surface area (TPSA) is 54.0 Å². The lowest BCUT2D eigenvalue weighted by Crippen LogP contribution is -2.15. The maximum atomic E-state index is 13.6. The van der Waals surface area contributed by atoms with Gasteiger partial charge >= 0.3 is 0 Å². The largest absolute Gasteiger partial charge is 0.354 e. The van der Waals surface area contributed by atoms with Crippen molar-refractivity contribution < 1.29 is 13.6 Å². The highest BCUT2D eigenvalue weighted by molar-refractivity contribution is 6.03. The molecule has 0 saturated carbocycles. The van der Waals surface area contributed by atoms with E-state index in [0.717, 1.165) is 23.4 Å². The Hall–Kier alpha value is -3.28. The minimum Gasteiger partial charge on any atom is -0.354 e. The number of rotatable bonds is 4. The van der Waals surface area contributed by atoms with E-state index in [1.54, 1.807) is 6.07 Å². The number of benzene rings is 2. The smallest absolute Gasteiger partial charge is 0.274 e. The summed E-state index contributed by atoms with van der Waals surface area (Å²) in [4.78, 5) is 16.2. The zero-order valence-electron chi connectivity index (χ0n) is 14.3. The van der Waals surface area contributed by atoms with Crippen LogP contribution in [0.2, 0.25) is 0 Å². The van der Waals surface area contributed by atoms with Crippen molar-refractivity contribution in [2.24, 2.45) is 0 Å². The van der Waals surface area contributed by atoms with Crippen LogP contribution in [0.4, 0.5) is 25.8 Å². The fourth-order valence-corrected chi connectivity index (χ4v) is 2.38. The number of amides is 1. The highest BCUT2D eigenvalue weighted by atomic mass is 19.1. The average molecular weight is 353 g/mol. The summed E-state index contributed by atoms with van der Waals surface area (Å²) < 4.78 is 27.2. The van der Waals surface area contributed by atoms with Gasteiger partial charge in [-0.15, -0.1) is 0 Å². The number of halogens is 2. The van der Waals surface area contributed by atoms with E-state index in [4.69, 9.17) is 0 Å². The second-order valence-electron chi connectivity index (χ2n) is 5.91. The second kappa shape index (κ2) is 7.31. The Morgan fingerprint density at radius 2 is 1.62 bits per heavy atom. The van der Waals surface area contributed by atoms with Crippen LogP contribution in [-0.2, 0) is 0 Å². The fraction of sp³-hybridized carbons (Fsp3) is 0.100. The van der Waals surface area contributed by atoms with Gasteiger partial charge in [0.1, 0.15) is 23.0 Å². The van der Waals surface area contributed by atoms with Crippen LogP contribution in [0.1, 0.15) is 21.6 Å². The molecular formula is C20H17F2N3O. The molecule has 1 aromatic heterocycles. The number of hydrogen-bond acceptors (Lipinski definition) is 3. The molecule has 4 nitrogen and oxygen atoms in total. The number of aromatic nitrogens is 1. The molecule has 0 saturated heterocycles. The molecule has 0 atom stereocenters. The van der Waals surface area contributed by atoms with Crippen LogP contribution < -0.4 is 10.6 Å². The quantitative estimate of drug-likeness (QED) is 0.696. The van der Waals surface area contributed by atoms with Crippen LogP contribution in [0.25, 0.3) is 0 Å². The number of nitrogens with one attached hydrogen (secondary N) is 2. The number of pyridine rings is 1. The molecule has 132 valence electrons. The average Bonchev–Trinajstić information content (AvgIpc) is 2.62. The van der Waals surface area contributed by atoms with E-state index in [-0.39, 0.29) is 5.69 Å². The molecule has 1 heterocycles. The van der Waals surface area contributed by atoms with E-state index >= 15 is 0 Å². The van der Waals surface area contributed by atoms with Gasteiger partial charge in [0.05, 0.1) is 11.9 Å². The minimum atomic E-state index is -0.841. The number of carbonyl (C=O) groups is 1. The highest BCUT2D eigenvalue weighted by Crippen LogP contribution is 2.21. The van der Waals surface area contributed by atoms with Gasteiger partial charge in [0, 0.05) is 5.69 Å². The Morgan fingerprint density at radius 1 is 0.923 bits per heavy atom. The van der Waals surface area contributed by atoms with E-state index in [0.29, 0.717) is 5.69 Å². The van der Waals surface area contributed by atoms with Crippen LogP contribution in [0.3, 0.4) is 0 Å². The lowest BCUT2D eigenvalue weighted by atomic mass is 10.1. The summed E-state index contributed by atoms with van der Waals surface area (Å²) in [5, 5.41) is 5.40. The van der Waals surface area contributed by atoms with Gasteiger partial charge in [-0.25, -0.2) is 13.8 Å². The molecule has 0 bridgehead atoms. The van der Waals surface area contributed by atoms with E-state index in [9.17, 15) is 13.6 Å². The van der Waals surface area contributed by atoms with Crippen LogP contribution in [-0.4, -0.2) is 10.9 Å². The van der Waals surface area contributed by atoms with Crippen LogP contribution in [0.5, 0.6) is 0 Å². The Kier molecular flexibility index (Phi) is 4.93. The number of anilines is 3. The van der Waals surface area contributed by atoms with Gasteiger partial charge in [0.15, 0.2) is 0 Å². The summed E-state index contributed by atoms with van der Waals surface area (Å²) in [5.41, 5.74) is 3.52. The number of aryl methyl sites for hydroxylation is 2. The molecule has 6 heteroatoms. The van der Waals surface area contributed by atoms with Crippen molar-refractivity contribution in [3.05, 3.63) is 83.2 Å². The van der Waals surface area contributed by atoms with E-state index < -0.39 is 23.2 Å². The van der Waals surface area contributed by atoms with Gasteiger partial charge in [0.25, 0.3) is 5.91 Å². The number of para-hydroxylation sites is 1. The monoisotopic (exact) mass is 353 g/mol. The Bertz CT molecular complexity index is 936. The molecular weight excluding hydrogens is 336 g/mol. The van der Waals surface area contributed by atoms with Gasteiger partial charge in [-0.3, -0.25) is 4.79 Å². The minimum absolute atomic E-state index is 0.0540. The first-order valence-corrected chi connectivity index (χ1v) is 8.00. The van der Waals surface area contributed by atoms with Crippen LogP contribution >= 0.6 is 0 Å². The zero-order chi connectivity index (χ0) is 18.7. The van der Waals surface area contributed by atoms with Crippen molar-refractivity contribution in [2.75, 3.05) is 10.6 Å². The normalized spacial score (nSPS) is 10.5. The van der Waals surface area contributed by atoms with Crippen LogP contribution in [0, 0.1) is 25.5 Å². The first kappa shape index (κ1) is 17.5. The molecule has 3 rings (SSSR count). The maximum absolute atomic E-state index is 13.6. The first-order chi connectivity index (χ1) is 12.4. The van der Waals surface area contributed by atoms with Gasteiger partial charge in [0.2, 0.25) is 0 Å². The third-order valence-electron chi connectivity index (χ3n) is 3.99. The molecule has 3 aromatic rings. The van der Waals surface area contributed by atoms with E-state index in [2.05, 4.69) is 15.6 Å². The molecule has 0 aliphatic heterocycles. The summed E-state index contributed by atoms with van der Waals surface area (Å²) >= 11 is 0. The molecule has 0 radical (unpaired) electrons. The highest BCUT2D eigenvalue weighted by Gasteiger charge is 2.14. The molecule has 1 amide bonds. The van der Waals surface area contributed by atoms with Crippen molar-refractivity contribution in [2.45, 2.75) is 13.8 Å². The second-order valence-corrected chi connectivity index (χ2v) is 5.91. The maximum Gasteiger partial charge on any atom is 0.274 e. The lowest BCUT2D eigenvalue weighted by Gasteiger charge is -2.10. The summed E-state index contributed by atoms with van der Waals surface area (Å²) in [6.45, 7) is 4.06. The fourth-order valence-electron chi connectivity index (χ4n) is 2.38. The number of hydrogen-bond donors (Lipinski definition) is 2. The Morgan fingerprint density at radius 3 is 2.23 bits per heavy atom. The Balaban J connectivity index is 1.72. The predicted molar refractivity (Wildman–Crippen MR) is 97.7 cm³/mol. The molecule has 0 aliphatic rings. The van der Waals surface area contributed by atoms with Crippen molar-refractivity contribution in [3.8, 4) is 0 Å². The van der Waals surface area contributed by atoms with Crippen molar-refractivity contribution in [1.82, 2.24) is 4.98 Å². The van der Waals surface area contributed by atoms with Gasteiger partial charge in [-0.2, -0.15) is 0 Å². The van der Waals surface area contributed by atoms with Crippen molar-refractivity contribution in [1.29, 1.82) is 0 Å². The third kappa shape index (κ3) is 3.85. The van der Waals surface area contributed by atoms with Gasteiger partial charge < -0.3 is 10.6 Å². The molecule has 0 fully saturated rings. The summed E-state index contributed by atoms with van der Waals surface area (Å²) in [6, 6.07) is 12.5. The summed E-state index contributed by atoms with van der Waals surface area (Å²) in [7, 11) is 0.